The van der Waals surface area contributed by atoms with E-state index in [9.17, 15) is 13.2 Å². The van der Waals surface area contributed by atoms with E-state index in [0.717, 1.165) is 45.4 Å². The first kappa shape index (κ1) is 21.6. The first-order chi connectivity index (χ1) is 15.8. The molecule has 0 bridgehead atoms. The summed E-state index contributed by atoms with van der Waals surface area (Å²) in [7, 11) is -3.71. The molecule has 3 aromatic carbocycles. The summed E-state index contributed by atoms with van der Waals surface area (Å²) < 4.78 is 29.1. The molecule has 0 saturated carbocycles. The predicted octanol–water partition coefficient (Wildman–Crippen LogP) is 5.31. The van der Waals surface area contributed by atoms with Gasteiger partial charge in [0.25, 0.3) is 15.9 Å². The molecule has 0 spiro atoms. The van der Waals surface area contributed by atoms with Crippen molar-refractivity contribution in [2.75, 3.05) is 16.2 Å². The van der Waals surface area contributed by atoms with E-state index in [-0.39, 0.29) is 10.8 Å². The van der Waals surface area contributed by atoms with Crippen LogP contribution in [0.25, 0.3) is 10.2 Å². The Morgan fingerprint density at radius 2 is 1.82 bits per heavy atom. The minimum absolute atomic E-state index is 0.168. The van der Waals surface area contributed by atoms with Crippen molar-refractivity contribution in [3.8, 4) is 0 Å². The highest BCUT2D eigenvalue weighted by Gasteiger charge is 2.29. The van der Waals surface area contributed by atoms with Crippen LogP contribution in [0.15, 0.2) is 65.6 Å². The number of anilines is 2. The third-order valence-corrected chi connectivity index (χ3v) is 8.57. The molecule has 33 heavy (non-hydrogen) atoms. The lowest BCUT2D eigenvalue weighted by atomic mass is 10.0. The van der Waals surface area contributed by atoms with E-state index in [1.165, 1.54) is 27.8 Å². The lowest BCUT2D eigenvalue weighted by Gasteiger charge is -2.30. The van der Waals surface area contributed by atoms with Crippen molar-refractivity contribution in [2.24, 2.45) is 0 Å². The van der Waals surface area contributed by atoms with Gasteiger partial charge in [-0.3, -0.25) is 14.4 Å². The number of nitrogens with one attached hydrogen (secondary N) is 1. The van der Waals surface area contributed by atoms with Crippen LogP contribution in [0.1, 0.15) is 33.5 Å². The SMILES string of the molecule is Cc1cc(C)c2nc(NC(=O)c3ccc(S(=O)(=O)N4CCCc5ccccc54)cc3)sc2c1. The Bertz CT molecular complexity index is 1470. The molecule has 6 nitrogen and oxygen atoms in total. The van der Waals surface area contributed by atoms with Crippen molar-refractivity contribution in [3.05, 3.63) is 82.9 Å². The molecule has 8 heteroatoms. The Kier molecular flexibility index (Phi) is 5.42. The summed E-state index contributed by atoms with van der Waals surface area (Å²) in [4.78, 5) is 17.5. The highest BCUT2D eigenvalue weighted by Crippen LogP contribution is 2.32. The van der Waals surface area contributed by atoms with Crippen LogP contribution in [0.2, 0.25) is 0 Å². The number of hydrogen-bond donors (Lipinski definition) is 1. The van der Waals surface area contributed by atoms with Gasteiger partial charge in [0.2, 0.25) is 0 Å². The van der Waals surface area contributed by atoms with Crippen molar-refractivity contribution < 1.29 is 13.2 Å². The zero-order valence-corrected chi connectivity index (χ0v) is 20.0. The van der Waals surface area contributed by atoms with Gasteiger partial charge in [-0.1, -0.05) is 35.6 Å². The summed E-state index contributed by atoms with van der Waals surface area (Å²) in [5.74, 6) is -0.323. The summed E-state index contributed by atoms with van der Waals surface area (Å²) >= 11 is 1.42. The van der Waals surface area contributed by atoms with Gasteiger partial charge in [-0.2, -0.15) is 0 Å². The maximum Gasteiger partial charge on any atom is 0.264 e. The lowest BCUT2D eigenvalue weighted by Crippen LogP contribution is -2.35. The fourth-order valence-corrected chi connectivity index (χ4v) is 6.83. The van der Waals surface area contributed by atoms with Crippen LogP contribution in [0, 0.1) is 13.8 Å². The number of rotatable bonds is 4. The van der Waals surface area contributed by atoms with E-state index in [4.69, 9.17) is 0 Å². The van der Waals surface area contributed by atoms with E-state index in [0.29, 0.717) is 17.2 Å². The highest BCUT2D eigenvalue weighted by atomic mass is 32.2. The fraction of sp³-hybridized carbons (Fsp3) is 0.200. The summed E-state index contributed by atoms with van der Waals surface area (Å²) in [5.41, 5.74) is 5.23. The van der Waals surface area contributed by atoms with Crippen molar-refractivity contribution in [1.29, 1.82) is 0 Å². The maximum absolute atomic E-state index is 13.3. The molecular weight excluding hydrogens is 454 g/mol. The van der Waals surface area contributed by atoms with Crippen LogP contribution in [-0.2, 0) is 16.4 Å². The summed E-state index contributed by atoms with van der Waals surface area (Å²) in [6.45, 7) is 4.47. The molecule has 4 aromatic rings. The minimum atomic E-state index is -3.71. The number of fused-ring (bicyclic) bond motifs is 2. The molecule has 0 saturated heterocycles. The van der Waals surface area contributed by atoms with Crippen molar-refractivity contribution in [2.45, 2.75) is 31.6 Å². The Labute approximate surface area is 197 Å². The van der Waals surface area contributed by atoms with Gasteiger partial charge in [-0.05, 0) is 79.8 Å². The Balaban J connectivity index is 1.37. The standard InChI is InChI=1S/C25H23N3O3S2/c1-16-14-17(2)23-22(15-16)32-25(26-23)27-24(29)19-9-11-20(12-10-19)33(30,31)28-13-5-7-18-6-3-4-8-21(18)28/h3-4,6,8-12,14-15H,5,7,13H2,1-2H3,(H,26,27,29). The number of hydrogen-bond acceptors (Lipinski definition) is 5. The van der Waals surface area contributed by atoms with Crippen LogP contribution in [0.3, 0.4) is 0 Å². The monoisotopic (exact) mass is 477 g/mol. The second-order valence-corrected chi connectivity index (χ2v) is 11.1. The van der Waals surface area contributed by atoms with Crippen molar-refractivity contribution in [1.82, 2.24) is 4.98 Å². The molecule has 1 N–H and O–H groups in total. The number of sulfonamides is 1. The number of amides is 1. The number of aryl methyl sites for hydroxylation is 3. The van der Waals surface area contributed by atoms with Crippen LogP contribution < -0.4 is 9.62 Å². The summed E-state index contributed by atoms with van der Waals surface area (Å²) in [6.07, 6.45) is 1.64. The zero-order chi connectivity index (χ0) is 23.2. The average molecular weight is 478 g/mol. The summed E-state index contributed by atoms with van der Waals surface area (Å²) in [5, 5.41) is 3.36. The molecule has 1 aliphatic rings. The average Bonchev–Trinajstić information content (AvgIpc) is 3.21. The van der Waals surface area contributed by atoms with E-state index in [2.05, 4.69) is 16.4 Å². The van der Waals surface area contributed by atoms with Crippen LogP contribution in [0.5, 0.6) is 0 Å². The molecule has 0 aliphatic carbocycles. The number of benzene rings is 3. The predicted molar refractivity (Wildman–Crippen MR) is 133 cm³/mol. The number of carbonyl (C=O) groups excluding carboxylic acids is 1. The van der Waals surface area contributed by atoms with E-state index < -0.39 is 10.0 Å². The number of carbonyl (C=O) groups is 1. The van der Waals surface area contributed by atoms with Crippen LogP contribution in [-0.4, -0.2) is 25.9 Å². The third kappa shape index (κ3) is 4.00. The van der Waals surface area contributed by atoms with Gasteiger partial charge in [-0.25, -0.2) is 13.4 Å². The molecule has 5 rings (SSSR count). The number of aromatic nitrogens is 1. The van der Waals surface area contributed by atoms with Gasteiger partial charge in [0, 0.05) is 12.1 Å². The fourth-order valence-electron chi connectivity index (χ4n) is 4.25. The maximum atomic E-state index is 13.3. The van der Waals surface area contributed by atoms with Gasteiger partial charge in [0.05, 0.1) is 20.8 Å². The molecule has 1 aliphatic heterocycles. The highest BCUT2D eigenvalue weighted by molar-refractivity contribution is 7.92. The normalized spacial score (nSPS) is 13.7. The van der Waals surface area contributed by atoms with Crippen LogP contribution >= 0.6 is 11.3 Å². The minimum Gasteiger partial charge on any atom is -0.298 e. The smallest absolute Gasteiger partial charge is 0.264 e. The van der Waals surface area contributed by atoms with Gasteiger partial charge in [0.1, 0.15) is 0 Å². The van der Waals surface area contributed by atoms with E-state index in [1.54, 1.807) is 12.1 Å². The first-order valence-corrected chi connectivity index (χ1v) is 13.0. The van der Waals surface area contributed by atoms with Gasteiger partial charge < -0.3 is 0 Å². The lowest BCUT2D eigenvalue weighted by molar-refractivity contribution is 0.102. The number of para-hydroxylation sites is 1. The molecule has 168 valence electrons. The van der Waals surface area contributed by atoms with E-state index >= 15 is 0 Å². The molecule has 0 unspecified atom stereocenters. The number of nitrogens with zero attached hydrogens (tertiary/aromatic N) is 2. The second kappa shape index (κ2) is 8.28. The molecular formula is C25H23N3O3S2. The Morgan fingerprint density at radius 1 is 1.06 bits per heavy atom. The molecule has 0 radical (unpaired) electrons. The van der Waals surface area contributed by atoms with Crippen molar-refractivity contribution >= 4 is 48.3 Å². The molecule has 0 atom stereocenters. The topological polar surface area (TPSA) is 79.4 Å². The van der Waals surface area contributed by atoms with Gasteiger partial charge in [-0.15, -0.1) is 0 Å². The molecule has 2 heterocycles. The summed E-state index contributed by atoms with van der Waals surface area (Å²) in [6, 6.07) is 17.8. The quantitative estimate of drug-likeness (QED) is 0.432. The third-order valence-electron chi connectivity index (χ3n) is 5.82. The van der Waals surface area contributed by atoms with Gasteiger partial charge in [0.15, 0.2) is 5.13 Å². The van der Waals surface area contributed by atoms with Crippen LogP contribution in [0.4, 0.5) is 10.8 Å². The molecule has 0 fully saturated rings. The first-order valence-electron chi connectivity index (χ1n) is 10.7. The Hall–Kier alpha value is -3.23. The molecule has 1 aromatic heterocycles. The zero-order valence-electron chi connectivity index (χ0n) is 18.3. The van der Waals surface area contributed by atoms with E-state index in [1.807, 2.05) is 44.2 Å². The Morgan fingerprint density at radius 3 is 2.61 bits per heavy atom. The number of thiazole rings is 1. The molecule has 1 amide bonds. The largest absolute Gasteiger partial charge is 0.298 e. The van der Waals surface area contributed by atoms with Crippen molar-refractivity contribution in [3.63, 3.8) is 0 Å². The second-order valence-electron chi connectivity index (χ2n) is 8.24. The van der Waals surface area contributed by atoms with Gasteiger partial charge >= 0.3 is 0 Å².